The van der Waals surface area contributed by atoms with E-state index in [0.717, 1.165) is 26.8 Å². The number of hydrogen-bond donors (Lipinski definition) is 0. The monoisotopic (exact) mass is 334 g/mol. The first-order valence-corrected chi connectivity index (χ1v) is 6.45. The Hall–Kier alpha value is -0.700. The van der Waals surface area contributed by atoms with Crippen LogP contribution < -0.4 is 4.90 Å². The van der Waals surface area contributed by atoms with E-state index in [-0.39, 0.29) is 5.91 Å². The average Bonchev–Trinajstić information content (AvgIpc) is 2.84. The van der Waals surface area contributed by atoms with E-state index < -0.39 is 0 Å². The molecule has 2 aromatic heterocycles. The second-order valence-corrected chi connectivity index (χ2v) is 5.35. The quantitative estimate of drug-likeness (QED) is 0.743. The Kier molecular flexibility index (Phi) is 2.16. The number of rotatable bonds is 1. The molecule has 78 valence electrons. The number of amides is 1. The number of halogens is 1. The summed E-state index contributed by atoms with van der Waals surface area (Å²) in [7, 11) is 0. The SMILES string of the molecule is O=C1CCCN1c1nn2c(I)cnc2s1. The van der Waals surface area contributed by atoms with Gasteiger partial charge in [-0.2, -0.15) is 4.52 Å². The summed E-state index contributed by atoms with van der Waals surface area (Å²) in [4.78, 5) is 18.3. The molecule has 0 aromatic carbocycles. The fourth-order valence-corrected chi connectivity index (χ4v) is 3.18. The molecule has 1 aliphatic rings. The summed E-state index contributed by atoms with van der Waals surface area (Å²) in [6.07, 6.45) is 3.34. The van der Waals surface area contributed by atoms with E-state index in [1.807, 2.05) is 0 Å². The zero-order chi connectivity index (χ0) is 10.4. The Bertz CT molecular complexity index is 534. The number of hydrogen-bond acceptors (Lipinski definition) is 4. The first kappa shape index (κ1) is 9.52. The Morgan fingerprint density at radius 3 is 3.07 bits per heavy atom. The molecule has 0 spiro atoms. The molecular formula is C8H7IN4OS. The van der Waals surface area contributed by atoms with Crippen LogP contribution in [0.25, 0.3) is 4.96 Å². The normalized spacial score (nSPS) is 16.9. The molecule has 0 bridgehead atoms. The second-order valence-electron chi connectivity index (χ2n) is 3.31. The maximum atomic E-state index is 11.5. The third-order valence-corrected chi connectivity index (χ3v) is 4.02. The van der Waals surface area contributed by atoms with Crippen molar-refractivity contribution in [1.29, 1.82) is 0 Å². The fraction of sp³-hybridized carbons (Fsp3) is 0.375. The van der Waals surface area contributed by atoms with E-state index in [2.05, 4.69) is 32.7 Å². The van der Waals surface area contributed by atoms with Crippen molar-refractivity contribution < 1.29 is 4.79 Å². The number of fused-ring (bicyclic) bond motifs is 1. The van der Waals surface area contributed by atoms with Crippen molar-refractivity contribution in [2.45, 2.75) is 12.8 Å². The van der Waals surface area contributed by atoms with Crippen LogP contribution in [0.3, 0.4) is 0 Å². The number of anilines is 1. The summed E-state index contributed by atoms with van der Waals surface area (Å²) < 4.78 is 2.74. The van der Waals surface area contributed by atoms with Gasteiger partial charge in [-0.25, -0.2) is 4.98 Å². The van der Waals surface area contributed by atoms with Gasteiger partial charge >= 0.3 is 0 Å². The van der Waals surface area contributed by atoms with Crippen LogP contribution >= 0.6 is 33.9 Å². The van der Waals surface area contributed by atoms with Gasteiger partial charge in [-0.05, 0) is 29.0 Å². The van der Waals surface area contributed by atoms with E-state index in [4.69, 9.17) is 0 Å². The van der Waals surface area contributed by atoms with Gasteiger partial charge in [0.15, 0.2) is 0 Å². The molecule has 15 heavy (non-hydrogen) atoms. The molecule has 1 saturated heterocycles. The molecule has 7 heteroatoms. The van der Waals surface area contributed by atoms with Crippen LogP contribution in [0, 0.1) is 3.70 Å². The molecule has 0 aliphatic carbocycles. The van der Waals surface area contributed by atoms with Crippen molar-refractivity contribution in [3.8, 4) is 0 Å². The molecule has 0 N–H and O–H groups in total. The first-order valence-electron chi connectivity index (χ1n) is 4.56. The van der Waals surface area contributed by atoms with Gasteiger partial charge in [0.1, 0.15) is 3.70 Å². The molecule has 3 heterocycles. The highest BCUT2D eigenvalue weighted by Gasteiger charge is 2.25. The van der Waals surface area contributed by atoms with Crippen molar-refractivity contribution in [3.63, 3.8) is 0 Å². The van der Waals surface area contributed by atoms with Crippen LogP contribution in [0.2, 0.25) is 0 Å². The van der Waals surface area contributed by atoms with E-state index >= 15 is 0 Å². The van der Waals surface area contributed by atoms with Gasteiger partial charge in [0.05, 0.1) is 6.20 Å². The Morgan fingerprint density at radius 2 is 2.40 bits per heavy atom. The minimum absolute atomic E-state index is 0.169. The summed E-state index contributed by atoms with van der Waals surface area (Å²) in [6.45, 7) is 0.784. The Morgan fingerprint density at radius 1 is 1.53 bits per heavy atom. The predicted octanol–water partition coefficient (Wildman–Crippen LogP) is 1.52. The molecule has 1 aliphatic heterocycles. The van der Waals surface area contributed by atoms with Gasteiger partial charge in [0, 0.05) is 13.0 Å². The predicted molar refractivity (Wildman–Crippen MR) is 65.2 cm³/mol. The molecule has 0 atom stereocenters. The largest absolute Gasteiger partial charge is 0.287 e. The zero-order valence-corrected chi connectivity index (χ0v) is 10.7. The lowest BCUT2D eigenvalue weighted by Gasteiger charge is -2.09. The Balaban J connectivity index is 2.07. The van der Waals surface area contributed by atoms with Crippen molar-refractivity contribution in [2.75, 3.05) is 11.4 Å². The highest BCUT2D eigenvalue weighted by atomic mass is 127. The minimum Gasteiger partial charge on any atom is -0.287 e. The number of carbonyl (C=O) groups is 1. The highest BCUT2D eigenvalue weighted by molar-refractivity contribution is 14.1. The maximum absolute atomic E-state index is 11.5. The van der Waals surface area contributed by atoms with Crippen LogP contribution in [-0.4, -0.2) is 27.0 Å². The van der Waals surface area contributed by atoms with Gasteiger partial charge in [-0.1, -0.05) is 11.3 Å². The maximum Gasteiger partial charge on any atom is 0.228 e. The summed E-state index contributed by atoms with van der Waals surface area (Å²) in [5.41, 5.74) is 0. The molecule has 1 amide bonds. The van der Waals surface area contributed by atoms with Gasteiger partial charge in [-0.15, -0.1) is 5.10 Å². The smallest absolute Gasteiger partial charge is 0.228 e. The van der Waals surface area contributed by atoms with Crippen molar-refractivity contribution in [3.05, 3.63) is 9.90 Å². The summed E-state index contributed by atoms with van der Waals surface area (Å²) >= 11 is 3.64. The molecule has 0 saturated carbocycles. The highest BCUT2D eigenvalue weighted by Crippen LogP contribution is 2.27. The van der Waals surface area contributed by atoms with Crippen LogP contribution in [0.5, 0.6) is 0 Å². The molecule has 3 rings (SSSR count). The second kappa shape index (κ2) is 3.41. The van der Waals surface area contributed by atoms with E-state index in [1.54, 1.807) is 15.6 Å². The number of carbonyl (C=O) groups excluding carboxylic acids is 1. The summed E-state index contributed by atoms with van der Waals surface area (Å²) in [5.74, 6) is 0.169. The van der Waals surface area contributed by atoms with Gasteiger partial charge in [0.2, 0.25) is 16.0 Å². The number of imidazole rings is 1. The molecule has 2 aromatic rings. The Labute approximate surface area is 103 Å². The molecule has 5 nitrogen and oxygen atoms in total. The molecule has 0 unspecified atom stereocenters. The standard InChI is InChI=1S/C8H7IN4OS/c9-5-4-10-7-13(5)11-8(15-7)12-3-1-2-6(12)14/h4H,1-3H2. The summed E-state index contributed by atoms with van der Waals surface area (Å²) in [5, 5.41) is 5.14. The molecular weight excluding hydrogens is 327 g/mol. The molecule has 0 radical (unpaired) electrons. The van der Waals surface area contributed by atoms with E-state index in [9.17, 15) is 4.79 Å². The number of nitrogens with zero attached hydrogens (tertiary/aromatic N) is 4. The lowest BCUT2D eigenvalue weighted by Crippen LogP contribution is -2.23. The van der Waals surface area contributed by atoms with E-state index in [1.165, 1.54) is 11.3 Å². The van der Waals surface area contributed by atoms with Gasteiger partial charge in [-0.3, -0.25) is 9.69 Å². The zero-order valence-electron chi connectivity index (χ0n) is 7.68. The minimum atomic E-state index is 0.169. The third kappa shape index (κ3) is 1.44. The van der Waals surface area contributed by atoms with Crippen LogP contribution in [0.15, 0.2) is 6.20 Å². The number of aromatic nitrogens is 3. The van der Waals surface area contributed by atoms with Crippen LogP contribution in [0.4, 0.5) is 5.13 Å². The lowest BCUT2D eigenvalue weighted by molar-refractivity contribution is -0.117. The lowest BCUT2D eigenvalue weighted by atomic mass is 10.4. The van der Waals surface area contributed by atoms with Crippen molar-refractivity contribution in [2.24, 2.45) is 0 Å². The third-order valence-electron chi connectivity index (χ3n) is 2.34. The summed E-state index contributed by atoms with van der Waals surface area (Å²) in [6, 6.07) is 0. The molecule has 1 fully saturated rings. The topological polar surface area (TPSA) is 50.5 Å². The van der Waals surface area contributed by atoms with E-state index in [0.29, 0.717) is 6.42 Å². The van der Waals surface area contributed by atoms with Crippen molar-refractivity contribution >= 4 is 49.9 Å². The first-order chi connectivity index (χ1) is 7.25. The average molecular weight is 334 g/mol. The van der Waals surface area contributed by atoms with Crippen LogP contribution in [-0.2, 0) is 4.79 Å². The van der Waals surface area contributed by atoms with Gasteiger partial charge in [0.25, 0.3) is 0 Å². The van der Waals surface area contributed by atoms with Gasteiger partial charge < -0.3 is 0 Å². The van der Waals surface area contributed by atoms with Crippen LogP contribution in [0.1, 0.15) is 12.8 Å². The fourth-order valence-electron chi connectivity index (χ4n) is 1.62. The van der Waals surface area contributed by atoms with Crippen molar-refractivity contribution in [1.82, 2.24) is 14.6 Å².